The van der Waals surface area contributed by atoms with E-state index >= 15 is 0 Å². The summed E-state index contributed by atoms with van der Waals surface area (Å²) in [6, 6.07) is 2.67. The molecule has 3 N–H and O–H groups in total. The van der Waals surface area contributed by atoms with Crippen LogP contribution in [0.1, 0.15) is 19.0 Å². The highest BCUT2D eigenvalue weighted by Gasteiger charge is 2.04. The number of nitrogens with zero attached hydrogens (tertiary/aromatic N) is 1. The fraction of sp³-hybridized carbons (Fsp3) is 0.400. The summed E-state index contributed by atoms with van der Waals surface area (Å²) in [6.45, 7) is 2.06. The lowest BCUT2D eigenvalue weighted by atomic mass is 10.2. The first-order valence-corrected chi connectivity index (χ1v) is 4.70. The molecule has 0 aliphatic rings. The predicted molar refractivity (Wildman–Crippen MR) is 68.8 cm³/mol. The number of pyridine rings is 1. The van der Waals surface area contributed by atoms with E-state index in [9.17, 15) is 9.18 Å². The van der Waals surface area contributed by atoms with Crippen LogP contribution in [-0.2, 0) is 11.3 Å². The van der Waals surface area contributed by atoms with Crippen molar-refractivity contribution in [2.75, 3.05) is 0 Å². The van der Waals surface area contributed by atoms with Gasteiger partial charge in [0.25, 0.3) is 0 Å². The van der Waals surface area contributed by atoms with Crippen LogP contribution in [0.15, 0.2) is 18.3 Å². The molecule has 7 heteroatoms. The Labute approximate surface area is 112 Å². The lowest BCUT2D eigenvalue weighted by Crippen LogP contribution is -2.29. The van der Waals surface area contributed by atoms with Gasteiger partial charge in [-0.1, -0.05) is 0 Å². The van der Waals surface area contributed by atoms with E-state index in [1.54, 1.807) is 6.92 Å². The standard InChI is InChI=1S/C10H14FN3O.2ClH/c1-7(12)4-10(15)14-6-9-3-2-8(11)5-13-9;;/h2-3,5,7H,4,6,12H2,1H3,(H,14,15);2*1H. The third-order valence-electron chi connectivity index (χ3n) is 1.76. The van der Waals surface area contributed by atoms with Crippen LogP contribution < -0.4 is 11.1 Å². The molecule has 0 saturated heterocycles. The molecule has 0 aliphatic heterocycles. The van der Waals surface area contributed by atoms with Crippen LogP contribution >= 0.6 is 24.8 Å². The molecule has 0 saturated carbocycles. The van der Waals surface area contributed by atoms with Gasteiger partial charge in [-0.05, 0) is 19.1 Å². The van der Waals surface area contributed by atoms with Crippen molar-refractivity contribution < 1.29 is 9.18 Å². The average Bonchev–Trinajstić information content (AvgIpc) is 2.16. The van der Waals surface area contributed by atoms with Crippen molar-refractivity contribution in [1.82, 2.24) is 10.3 Å². The van der Waals surface area contributed by atoms with E-state index in [0.717, 1.165) is 6.20 Å². The fourth-order valence-electron chi connectivity index (χ4n) is 1.06. The van der Waals surface area contributed by atoms with Gasteiger partial charge in [-0.2, -0.15) is 0 Å². The third kappa shape index (κ3) is 7.90. The number of amides is 1. The van der Waals surface area contributed by atoms with Crippen LogP contribution in [0, 0.1) is 5.82 Å². The van der Waals surface area contributed by atoms with E-state index in [-0.39, 0.29) is 49.0 Å². The molecule has 1 unspecified atom stereocenters. The second-order valence-corrected chi connectivity index (χ2v) is 3.43. The molecule has 0 radical (unpaired) electrons. The monoisotopic (exact) mass is 283 g/mol. The van der Waals surface area contributed by atoms with Crippen LogP contribution in [0.5, 0.6) is 0 Å². The molecule has 0 bridgehead atoms. The molecule has 98 valence electrons. The largest absolute Gasteiger partial charge is 0.350 e. The smallest absolute Gasteiger partial charge is 0.221 e. The first-order valence-electron chi connectivity index (χ1n) is 4.70. The fourth-order valence-corrected chi connectivity index (χ4v) is 1.06. The molecule has 1 aromatic heterocycles. The quantitative estimate of drug-likeness (QED) is 0.878. The van der Waals surface area contributed by atoms with Gasteiger partial charge in [-0.25, -0.2) is 4.39 Å². The zero-order chi connectivity index (χ0) is 11.3. The summed E-state index contributed by atoms with van der Waals surface area (Å²) in [5.41, 5.74) is 6.08. The summed E-state index contributed by atoms with van der Waals surface area (Å²) in [4.78, 5) is 15.0. The minimum atomic E-state index is -0.388. The van der Waals surface area contributed by atoms with E-state index in [1.165, 1.54) is 12.1 Å². The molecule has 4 nitrogen and oxygen atoms in total. The number of carbonyl (C=O) groups is 1. The molecule has 17 heavy (non-hydrogen) atoms. The zero-order valence-corrected chi connectivity index (χ0v) is 11.0. The van der Waals surface area contributed by atoms with Crippen LogP contribution in [0.2, 0.25) is 0 Å². The highest BCUT2D eigenvalue weighted by molar-refractivity contribution is 5.85. The number of carbonyl (C=O) groups excluding carboxylic acids is 1. The molecule has 1 atom stereocenters. The minimum Gasteiger partial charge on any atom is -0.350 e. The van der Waals surface area contributed by atoms with E-state index in [4.69, 9.17) is 5.73 Å². The Balaban J connectivity index is 0. The second-order valence-electron chi connectivity index (χ2n) is 3.43. The molecular weight excluding hydrogens is 268 g/mol. The van der Waals surface area contributed by atoms with Crippen molar-refractivity contribution in [3.8, 4) is 0 Å². The molecule has 1 rings (SSSR count). The number of nitrogens with two attached hydrogens (primary N) is 1. The van der Waals surface area contributed by atoms with Crippen molar-refractivity contribution in [2.45, 2.75) is 25.9 Å². The van der Waals surface area contributed by atoms with Crippen molar-refractivity contribution in [1.29, 1.82) is 0 Å². The van der Waals surface area contributed by atoms with Crippen molar-refractivity contribution >= 4 is 30.7 Å². The molecule has 1 heterocycles. The zero-order valence-electron chi connectivity index (χ0n) is 9.35. The molecular formula is C10H16Cl2FN3O. The van der Waals surface area contributed by atoms with Crippen LogP contribution in [0.4, 0.5) is 4.39 Å². The second kappa shape index (κ2) is 9.15. The van der Waals surface area contributed by atoms with Crippen LogP contribution in [0.3, 0.4) is 0 Å². The van der Waals surface area contributed by atoms with E-state index in [2.05, 4.69) is 10.3 Å². The summed E-state index contributed by atoms with van der Waals surface area (Å²) in [5, 5.41) is 2.65. The number of aromatic nitrogens is 1. The normalized spacial score (nSPS) is 10.8. The number of nitrogens with one attached hydrogen (secondary N) is 1. The summed E-state index contributed by atoms with van der Waals surface area (Å²) in [6.07, 6.45) is 1.40. The van der Waals surface area contributed by atoms with Gasteiger partial charge in [0.2, 0.25) is 5.91 Å². The van der Waals surface area contributed by atoms with Gasteiger partial charge in [-0.3, -0.25) is 9.78 Å². The van der Waals surface area contributed by atoms with Crippen molar-refractivity contribution in [3.63, 3.8) is 0 Å². The van der Waals surface area contributed by atoms with Gasteiger partial charge in [0.1, 0.15) is 5.82 Å². The van der Waals surface area contributed by atoms with E-state index < -0.39 is 0 Å². The number of hydrogen-bond donors (Lipinski definition) is 2. The van der Waals surface area contributed by atoms with Gasteiger partial charge >= 0.3 is 0 Å². The number of hydrogen-bond acceptors (Lipinski definition) is 3. The Morgan fingerprint density at radius 2 is 2.18 bits per heavy atom. The lowest BCUT2D eigenvalue weighted by molar-refractivity contribution is -0.121. The van der Waals surface area contributed by atoms with Crippen LogP contribution in [0.25, 0.3) is 0 Å². The Hall–Kier alpha value is -0.910. The van der Waals surface area contributed by atoms with Crippen LogP contribution in [-0.4, -0.2) is 16.9 Å². The maximum absolute atomic E-state index is 12.5. The Kier molecular flexibility index (Phi) is 9.94. The molecule has 0 aliphatic carbocycles. The van der Waals surface area contributed by atoms with Gasteiger partial charge in [0.15, 0.2) is 0 Å². The van der Waals surface area contributed by atoms with Gasteiger partial charge in [0.05, 0.1) is 18.4 Å². The summed E-state index contributed by atoms with van der Waals surface area (Å²) in [7, 11) is 0. The number of rotatable bonds is 4. The van der Waals surface area contributed by atoms with Crippen molar-refractivity contribution in [2.24, 2.45) is 5.73 Å². The van der Waals surface area contributed by atoms with Gasteiger partial charge < -0.3 is 11.1 Å². The molecule has 1 aromatic rings. The highest BCUT2D eigenvalue weighted by atomic mass is 35.5. The predicted octanol–water partition coefficient (Wildman–Crippen LogP) is 1.42. The molecule has 0 aromatic carbocycles. The van der Waals surface area contributed by atoms with E-state index in [1.807, 2.05) is 0 Å². The summed E-state index contributed by atoms with van der Waals surface area (Å²) in [5.74, 6) is -0.517. The topological polar surface area (TPSA) is 68.0 Å². The molecule has 0 fully saturated rings. The number of halogens is 3. The highest BCUT2D eigenvalue weighted by Crippen LogP contribution is 1.97. The van der Waals surface area contributed by atoms with E-state index in [0.29, 0.717) is 12.2 Å². The van der Waals surface area contributed by atoms with Gasteiger partial charge in [0, 0.05) is 12.5 Å². The maximum atomic E-state index is 12.5. The first kappa shape index (κ1) is 18.5. The minimum absolute atomic E-state index is 0. The maximum Gasteiger partial charge on any atom is 0.221 e. The molecule has 0 spiro atoms. The summed E-state index contributed by atoms with van der Waals surface area (Å²) >= 11 is 0. The third-order valence-corrected chi connectivity index (χ3v) is 1.76. The Bertz CT molecular complexity index is 333. The van der Waals surface area contributed by atoms with Gasteiger partial charge in [-0.15, -0.1) is 24.8 Å². The summed E-state index contributed by atoms with van der Waals surface area (Å²) < 4.78 is 12.5. The first-order chi connectivity index (χ1) is 7.08. The average molecular weight is 284 g/mol. The Morgan fingerprint density at radius 3 is 2.65 bits per heavy atom. The lowest BCUT2D eigenvalue weighted by Gasteiger charge is -2.06. The van der Waals surface area contributed by atoms with Crippen molar-refractivity contribution in [3.05, 3.63) is 29.8 Å². The molecule has 1 amide bonds. The SMILES string of the molecule is CC(N)CC(=O)NCc1ccc(F)cn1.Cl.Cl. The Morgan fingerprint density at radius 1 is 1.53 bits per heavy atom.